The summed E-state index contributed by atoms with van der Waals surface area (Å²) in [6.45, 7) is 5.18. The van der Waals surface area contributed by atoms with Crippen molar-refractivity contribution in [2.75, 3.05) is 18.0 Å². The molecule has 2 heterocycles. The van der Waals surface area contributed by atoms with Crippen molar-refractivity contribution in [1.82, 2.24) is 9.78 Å². The third-order valence-electron chi connectivity index (χ3n) is 3.01. The summed E-state index contributed by atoms with van der Waals surface area (Å²) in [6, 6.07) is 0. The highest BCUT2D eigenvalue weighted by atomic mass is 16.6. The molecule has 1 N–H and O–H groups in total. The van der Waals surface area contributed by atoms with Crippen LogP contribution in [0.5, 0.6) is 0 Å². The largest absolute Gasteiger partial charge is 0.391 e. The second kappa shape index (κ2) is 4.33. The van der Waals surface area contributed by atoms with Crippen molar-refractivity contribution in [2.24, 2.45) is 0 Å². The van der Waals surface area contributed by atoms with Gasteiger partial charge >= 0.3 is 5.69 Å². The predicted molar refractivity (Wildman–Crippen MR) is 62.1 cm³/mol. The van der Waals surface area contributed by atoms with Crippen LogP contribution in [0.15, 0.2) is 0 Å². The molecule has 7 heteroatoms. The molecule has 94 valence electrons. The molecule has 1 aliphatic rings. The van der Waals surface area contributed by atoms with Gasteiger partial charge in [0.05, 0.1) is 11.0 Å². The summed E-state index contributed by atoms with van der Waals surface area (Å²) in [5.74, 6) is 0.520. The van der Waals surface area contributed by atoms with Crippen molar-refractivity contribution < 1.29 is 10.0 Å². The van der Waals surface area contributed by atoms with E-state index in [0.717, 1.165) is 0 Å². The van der Waals surface area contributed by atoms with Gasteiger partial charge in [0.2, 0.25) is 5.82 Å². The number of nitro groups is 1. The van der Waals surface area contributed by atoms with E-state index in [4.69, 9.17) is 0 Å². The molecule has 1 atom stereocenters. The molecule has 17 heavy (non-hydrogen) atoms. The zero-order valence-electron chi connectivity index (χ0n) is 9.96. The second-order valence-electron chi connectivity index (χ2n) is 4.22. The van der Waals surface area contributed by atoms with Gasteiger partial charge < -0.3 is 10.0 Å². The normalized spacial score (nSPS) is 19.9. The van der Waals surface area contributed by atoms with Gasteiger partial charge in [0.15, 0.2) is 0 Å². The molecule has 2 rings (SSSR count). The summed E-state index contributed by atoms with van der Waals surface area (Å²) in [5.41, 5.74) is 0.481. The summed E-state index contributed by atoms with van der Waals surface area (Å²) in [7, 11) is 0. The highest BCUT2D eigenvalue weighted by molar-refractivity contribution is 5.62. The van der Waals surface area contributed by atoms with E-state index in [9.17, 15) is 15.2 Å². The number of hydrogen-bond donors (Lipinski definition) is 1. The van der Waals surface area contributed by atoms with E-state index in [0.29, 0.717) is 37.6 Å². The Bertz CT molecular complexity index is 443. The minimum absolute atomic E-state index is 0.0564. The molecule has 1 aromatic heterocycles. The summed E-state index contributed by atoms with van der Waals surface area (Å²) >= 11 is 0. The lowest BCUT2D eigenvalue weighted by Crippen LogP contribution is -2.24. The Hall–Kier alpha value is -1.63. The first-order valence-electron chi connectivity index (χ1n) is 5.69. The van der Waals surface area contributed by atoms with Crippen molar-refractivity contribution >= 4 is 11.5 Å². The first-order valence-corrected chi connectivity index (χ1v) is 5.69. The number of aromatic nitrogens is 2. The van der Waals surface area contributed by atoms with Crippen LogP contribution < -0.4 is 4.90 Å². The number of aliphatic hydroxyl groups is 1. The van der Waals surface area contributed by atoms with Crippen LogP contribution in [-0.4, -0.2) is 39.0 Å². The Morgan fingerprint density at radius 1 is 1.65 bits per heavy atom. The number of aliphatic hydroxyl groups excluding tert-OH is 1. The van der Waals surface area contributed by atoms with E-state index in [1.54, 1.807) is 11.6 Å². The number of rotatable bonds is 3. The number of nitrogens with zero attached hydrogens (tertiary/aromatic N) is 4. The monoisotopic (exact) mass is 240 g/mol. The van der Waals surface area contributed by atoms with Crippen LogP contribution in [0.2, 0.25) is 0 Å². The first kappa shape index (κ1) is 11.8. The maximum atomic E-state index is 11.1. The van der Waals surface area contributed by atoms with Crippen molar-refractivity contribution in [3.05, 3.63) is 15.8 Å². The molecule has 1 aliphatic heterocycles. The molecule has 0 saturated carbocycles. The van der Waals surface area contributed by atoms with Crippen LogP contribution in [0.3, 0.4) is 0 Å². The quantitative estimate of drug-likeness (QED) is 0.620. The van der Waals surface area contributed by atoms with Crippen molar-refractivity contribution in [3.63, 3.8) is 0 Å². The Morgan fingerprint density at radius 2 is 2.35 bits per heavy atom. The molecule has 7 nitrogen and oxygen atoms in total. The zero-order chi connectivity index (χ0) is 12.6. The maximum Gasteiger partial charge on any atom is 0.333 e. The molecule has 0 amide bonds. The van der Waals surface area contributed by atoms with Gasteiger partial charge in [-0.3, -0.25) is 10.1 Å². The van der Waals surface area contributed by atoms with E-state index < -0.39 is 11.0 Å². The van der Waals surface area contributed by atoms with Crippen molar-refractivity contribution in [3.8, 4) is 0 Å². The topological polar surface area (TPSA) is 84.4 Å². The molecular formula is C10H16N4O3. The van der Waals surface area contributed by atoms with Crippen LogP contribution in [0, 0.1) is 17.0 Å². The van der Waals surface area contributed by atoms with Gasteiger partial charge in [-0.1, -0.05) is 0 Å². The van der Waals surface area contributed by atoms with E-state index in [2.05, 4.69) is 5.10 Å². The molecule has 0 spiro atoms. The fourth-order valence-electron chi connectivity index (χ4n) is 2.24. The Balaban J connectivity index is 2.46. The van der Waals surface area contributed by atoms with Gasteiger partial charge in [0, 0.05) is 19.6 Å². The molecule has 1 fully saturated rings. The smallest absolute Gasteiger partial charge is 0.333 e. The molecule has 0 unspecified atom stereocenters. The van der Waals surface area contributed by atoms with Crippen LogP contribution >= 0.6 is 0 Å². The van der Waals surface area contributed by atoms with Crippen molar-refractivity contribution in [2.45, 2.75) is 32.9 Å². The molecule has 1 aromatic rings. The molecule has 1 saturated heterocycles. The summed E-state index contributed by atoms with van der Waals surface area (Å²) in [6.07, 6.45) is 0.237. The first-order chi connectivity index (χ1) is 8.04. The average molecular weight is 240 g/mol. The summed E-state index contributed by atoms with van der Waals surface area (Å²) in [4.78, 5) is 12.5. The van der Waals surface area contributed by atoms with Crippen molar-refractivity contribution in [1.29, 1.82) is 0 Å². The van der Waals surface area contributed by atoms with Gasteiger partial charge in [0.1, 0.15) is 5.69 Å². The minimum atomic E-state index is -0.407. The number of hydrogen-bond acceptors (Lipinski definition) is 5. The SMILES string of the molecule is CCn1nc(C)c([N+](=O)[O-])c1N1CC[C@@H](O)C1. The molecule has 0 radical (unpaired) electrons. The third kappa shape index (κ3) is 1.97. The molecule has 0 bridgehead atoms. The van der Waals surface area contributed by atoms with Gasteiger partial charge in [-0.15, -0.1) is 0 Å². The summed E-state index contributed by atoms with van der Waals surface area (Å²) < 4.78 is 1.63. The lowest BCUT2D eigenvalue weighted by molar-refractivity contribution is -0.384. The van der Waals surface area contributed by atoms with Crippen LogP contribution in [0.1, 0.15) is 19.0 Å². The number of aryl methyl sites for hydroxylation is 2. The van der Waals surface area contributed by atoms with E-state index >= 15 is 0 Å². The van der Waals surface area contributed by atoms with Crippen LogP contribution in [-0.2, 0) is 6.54 Å². The van der Waals surface area contributed by atoms with Gasteiger partial charge in [0.25, 0.3) is 0 Å². The zero-order valence-corrected chi connectivity index (χ0v) is 9.96. The lowest BCUT2D eigenvalue weighted by atomic mass is 10.3. The van der Waals surface area contributed by atoms with Gasteiger partial charge in [-0.05, 0) is 20.3 Å². The standard InChI is InChI=1S/C10H16N4O3/c1-3-13-10(12-5-4-8(15)6-12)9(14(16)17)7(2)11-13/h8,15H,3-6H2,1-2H3/t8-/m1/s1. The second-order valence-corrected chi connectivity index (χ2v) is 4.22. The fraction of sp³-hybridized carbons (Fsp3) is 0.700. The maximum absolute atomic E-state index is 11.1. The van der Waals surface area contributed by atoms with Gasteiger partial charge in [-0.2, -0.15) is 5.10 Å². The minimum Gasteiger partial charge on any atom is -0.391 e. The highest BCUT2D eigenvalue weighted by Crippen LogP contribution is 2.33. The Kier molecular flexibility index (Phi) is 3.01. The Labute approximate surface area is 98.8 Å². The molecule has 0 aromatic carbocycles. The Morgan fingerprint density at radius 3 is 2.82 bits per heavy atom. The van der Waals surface area contributed by atoms with E-state index in [1.165, 1.54) is 0 Å². The fourth-order valence-corrected chi connectivity index (χ4v) is 2.24. The lowest BCUT2D eigenvalue weighted by Gasteiger charge is -2.17. The van der Waals surface area contributed by atoms with Crippen LogP contribution in [0.25, 0.3) is 0 Å². The van der Waals surface area contributed by atoms with Crippen LogP contribution in [0.4, 0.5) is 11.5 Å². The molecule has 0 aliphatic carbocycles. The highest BCUT2D eigenvalue weighted by Gasteiger charge is 2.32. The van der Waals surface area contributed by atoms with E-state index in [1.807, 2.05) is 11.8 Å². The summed E-state index contributed by atoms with van der Waals surface area (Å²) in [5, 5.41) is 24.8. The van der Waals surface area contributed by atoms with Gasteiger partial charge in [-0.25, -0.2) is 4.68 Å². The third-order valence-corrected chi connectivity index (χ3v) is 3.01. The molecular weight excluding hydrogens is 224 g/mol. The van der Waals surface area contributed by atoms with E-state index in [-0.39, 0.29) is 5.69 Å². The number of anilines is 1. The predicted octanol–water partition coefficient (Wildman–Crippen LogP) is 0.691. The number of β-amino-alcohol motifs (C(OH)–C–C–N with tert-alkyl or cyclic N) is 1. The average Bonchev–Trinajstić information content (AvgIpc) is 2.81.